The summed E-state index contributed by atoms with van der Waals surface area (Å²) in [5, 5.41) is 16.6. The number of hydrogen-bond donors (Lipinski definition) is 2. The highest BCUT2D eigenvalue weighted by Crippen LogP contribution is 2.26. The highest BCUT2D eigenvalue weighted by Gasteiger charge is 2.11. The Labute approximate surface area is 115 Å². The van der Waals surface area contributed by atoms with Gasteiger partial charge in [0.05, 0.1) is 0 Å². The normalized spacial score (nSPS) is 10.8. The van der Waals surface area contributed by atoms with E-state index in [0.29, 0.717) is 17.2 Å². The van der Waals surface area contributed by atoms with Gasteiger partial charge in [0, 0.05) is 17.5 Å². The number of aryl methyl sites for hydroxylation is 1. The summed E-state index contributed by atoms with van der Waals surface area (Å²) in [5.41, 5.74) is 0.00596. The van der Waals surface area contributed by atoms with Crippen molar-refractivity contribution >= 4 is 23.0 Å². The Kier molecular flexibility index (Phi) is 2.75. The monoisotopic (exact) mass is 292 g/mol. The van der Waals surface area contributed by atoms with Crippen molar-refractivity contribution in [2.24, 2.45) is 0 Å². The van der Waals surface area contributed by atoms with E-state index in [1.54, 1.807) is 12.3 Å². The molecule has 0 atom stereocenters. The highest BCUT2D eigenvalue weighted by molar-refractivity contribution is 7.12. The molecular formula is C11H8N4O4S. The number of rotatable bonds is 3. The van der Waals surface area contributed by atoms with Crippen LogP contribution in [0.5, 0.6) is 11.6 Å². The van der Waals surface area contributed by atoms with Gasteiger partial charge in [-0.2, -0.15) is 10.1 Å². The van der Waals surface area contributed by atoms with Crippen LogP contribution < -0.4 is 10.4 Å². The smallest absolute Gasteiger partial charge is 0.349 e. The molecule has 0 aliphatic carbocycles. The van der Waals surface area contributed by atoms with E-state index in [-0.39, 0.29) is 16.4 Å². The lowest BCUT2D eigenvalue weighted by atomic mass is 10.4. The van der Waals surface area contributed by atoms with Crippen LogP contribution in [-0.4, -0.2) is 30.7 Å². The van der Waals surface area contributed by atoms with E-state index < -0.39 is 5.97 Å². The van der Waals surface area contributed by atoms with E-state index in [1.807, 2.05) is 0 Å². The van der Waals surface area contributed by atoms with E-state index in [2.05, 4.69) is 15.2 Å². The van der Waals surface area contributed by atoms with Crippen LogP contribution >= 0.6 is 11.3 Å². The molecule has 0 unspecified atom stereocenters. The summed E-state index contributed by atoms with van der Waals surface area (Å²) in [7, 11) is 0. The van der Waals surface area contributed by atoms with Crippen LogP contribution in [0, 0.1) is 6.92 Å². The summed E-state index contributed by atoms with van der Waals surface area (Å²) in [6.07, 6.45) is 0. The quantitative estimate of drug-likeness (QED) is 0.752. The Bertz CT molecular complexity index is 863. The van der Waals surface area contributed by atoms with E-state index in [0.717, 1.165) is 11.3 Å². The number of nitrogens with one attached hydrogen (secondary N) is 1. The van der Waals surface area contributed by atoms with Crippen molar-refractivity contribution in [3.63, 3.8) is 0 Å². The number of aromatic carboxylic acids is 1. The fourth-order valence-electron chi connectivity index (χ4n) is 1.73. The molecule has 0 radical (unpaired) electrons. The molecule has 9 heteroatoms. The number of ether oxygens (including phenoxy) is 1. The molecule has 0 aromatic carbocycles. The zero-order valence-electron chi connectivity index (χ0n) is 10.2. The van der Waals surface area contributed by atoms with Gasteiger partial charge >= 0.3 is 11.7 Å². The second-order valence-electron chi connectivity index (χ2n) is 3.92. The number of carboxylic acids is 1. The molecule has 3 rings (SSSR count). The fourth-order valence-corrected chi connectivity index (χ4v) is 2.37. The van der Waals surface area contributed by atoms with Crippen LogP contribution in [0.25, 0.3) is 5.65 Å². The first-order valence-corrected chi connectivity index (χ1v) is 6.37. The number of hydrogen-bond acceptors (Lipinski definition) is 6. The van der Waals surface area contributed by atoms with Crippen molar-refractivity contribution in [2.75, 3.05) is 0 Å². The molecular weight excluding hydrogens is 284 g/mol. The van der Waals surface area contributed by atoms with Crippen LogP contribution in [-0.2, 0) is 0 Å². The molecule has 20 heavy (non-hydrogen) atoms. The lowest BCUT2D eigenvalue weighted by molar-refractivity contribution is 0.0702. The average Bonchev–Trinajstić information content (AvgIpc) is 2.97. The van der Waals surface area contributed by atoms with Gasteiger partial charge in [0.25, 0.3) is 0 Å². The third kappa shape index (κ3) is 2.03. The number of carboxylic acid groups (broad SMARTS) is 1. The van der Waals surface area contributed by atoms with E-state index in [1.165, 1.54) is 16.5 Å². The highest BCUT2D eigenvalue weighted by atomic mass is 32.1. The van der Waals surface area contributed by atoms with Gasteiger partial charge in [0.15, 0.2) is 5.65 Å². The van der Waals surface area contributed by atoms with Crippen molar-refractivity contribution < 1.29 is 14.6 Å². The first-order chi connectivity index (χ1) is 9.54. The molecule has 3 aromatic heterocycles. The second kappa shape index (κ2) is 4.46. The number of aromatic nitrogens is 4. The summed E-state index contributed by atoms with van der Waals surface area (Å²) in [4.78, 5) is 26.5. The Morgan fingerprint density at radius 1 is 1.50 bits per heavy atom. The molecule has 0 amide bonds. The number of H-pyrrole nitrogens is 1. The topological polar surface area (TPSA) is 110 Å². The molecule has 0 spiro atoms. The average molecular weight is 292 g/mol. The minimum Gasteiger partial charge on any atom is -0.477 e. The summed E-state index contributed by atoms with van der Waals surface area (Å²) in [6.45, 7) is 1.65. The standard InChI is InChI=1S/C11H8N4O4S/c1-5-12-9(3-8-13-14-11(18)15(5)8)19-6-2-7(10(16)17)20-4-6/h2-4H,1H3,(H,14,18)(H,16,17). The number of thiophene rings is 1. The third-order valence-corrected chi connectivity index (χ3v) is 3.45. The van der Waals surface area contributed by atoms with Crippen molar-refractivity contribution in [3.8, 4) is 11.6 Å². The fraction of sp³-hybridized carbons (Fsp3) is 0.0909. The van der Waals surface area contributed by atoms with Crippen LogP contribution in [0.4, 0.5) is 0 Å². The number of nitrogens with zero attached hydrogens (tertiary/aromatic N) is 3. The molecule has 102 valence electrons. The third-order valence-electron chi connectivity index (χ3n) is 2.56. The Morgan fingerprint density at radius 3 is 3.00 bits per heavy atom. The molecule has 3 aromatic rings. The SMILES string of the molecule is Cc1nc(Oc2csc(C(=O)O)c2)cc2n[nH]c(=O)n12. The first-order valence-electron chi connectivity index (χ1n) is 5.49. The summed E-state index contributed by atoms with van der Waals surface area (Å²) < 4.78 is 6.78. The zero-order chi connectivity index (χ0) is 14.3. The minimum absolute atomic E-state index is 0.175. The van der Waals surface area contributed by atoms with Crippen molar-refractivity contribution in [1.82, 2.24) is 19.6 Å². The molecule has 8 nitrogen and oxygen atoms in total. The summed E-state index contributed by atoms with van der Waals surface area (Å²) >= 11 is 1.06. The van der Waals surface area contributed by atoms with Gasteiger partial charge in [-0.3, -0.25) is 0 Å². The van der Waals surface area contributed by atoms with Crippen molar-refractivity contribution in [3.05, 3.63) is 38.7 Å². The second-order valence-corrected chi connectivity index (χ2v) is 4.83. The minimum atomic E-state index is -1.01. The lowest BCUT2D eigenvalue weighted by Crippen LogP contribution is -2.13. The molecule has 0 fully saturated rings. The van der Waals surface area contributed by atoms with Crippen molar-refractivity contribution in [2.45, 2.75) is 6.92 Å². The molecule has 3 heterocycles. The van der Waals surface area contributed by atoms with Crippen LogP contribution in [0.1, 0.15) is 15.5 Å². The molecule has 0 aliphatic heterocycles. The summed E-state index contributed by atoms with van der Waals surface area (Å²) in [5.74, 6) is 0.0264. The first kappa shape index (κ1) is 12.4. The van der Waals surface area contributed by atoms with Gasteiger partial charge in [-0.05, 0) is 6.92 Å². The number of fused-ring (bicyclic) bond motifs is 1. The molecule has 0 saturated carbocycles. The Morgan fingerprint density at radius 2 is 2.30 bits per heavy atom. The molecule has 2 N–H and O–H groups in total. The van der Waals surface area contributed by atoms with Crippen molar-refractivity contribution in [1.29, 1.82) is 0 Å². The van der Waals surface area contributed by atoms with Crippen LogP contribution in [0.3, 0.4) is 0 Å². The Balaban J connectivity index is 1.98. The lowest BCUT2D eigenvalue weighted by Gasteiger charge is -2.03. The summed E-state index contributed by atoms with van der Waals surface area (Å²) in [6, 6.07) is 2.90. The molecule has 0 saturated heterocycles. The van der Waals surface area contributed by atoms with Gasteiger partial charge < -0.3 is 9.84 Å². The molecule has 0 bridgehead atoms. The molecule has 0 aliphatic rings. The van der Waals surface area contributed by atoms with E-state index >= 15 is 0 Å². The maximum atomic E-state index is 11.4. The van der Waals surface area contributed by atoms with Gasteiger partial charge in [0.2, 0.25) is 5.88 Å². The zero-order valence-corrected chi connectivity index (χ0v) is 11.0. The van der Waals surface area contributed by atoms with Crippen LogP contribution in [0.2, 0.25) is 0 Å². The largest absolute Gasteiger partial charge is 0.477 e. The van der Waals surface area contributed by atoms with E-state index in [4.69, 9.17) is 9.84 Å². The Hall–Kier alpha value is -2.68. The van der Waals surface area contributed by atoms with Gasteiger partial charge in [0.1, 0.15) is 16.5 Å². The predicted octanol–water partition coefficient (Wildman–Crippen LogP) is 1.28. The maximum Gasteiger partial charge on any atom is 0.349 e. The predicted molar refractivity (Wildman–Crippen MR) is 69.7 cm³/mol. The van der Waals surface area contributed by atoms with E-state index in [9.17, 15) is 9.59 Å². The number of aromatic amines is 1. The van der Waals surface area contributed by atoms with Gasteiger partial charge in [-0.25, -0.2) is 19.1 Å². The maximum absolute atomic E-state index is 11.4. The van der Waals surface area contributed by atoms with Gasteiger partial charge in [-0.15, -0.1) is 11.3 Å². The van der Waals surface area contributed by atoms with Gasteiger partial charge in [-0.1, -0.05) is 0 Å². The van der Waals surface area contributed by atoms with Crippen LogP contribution in [0.15, 0.2) is 22.3 Å². The number of carbonyl (C=O) groups is 1.